The topological polar surface area (TPSA) is 398 Å². The van der Waals surface area contributed by atoms with Gasteiger partial charge in [-0.05, 0) is 99.7 Å². The highest BCUT2D eigenvalue weighted by atomic mass is 16.8. The molecule has 3 saturated carbocycles. The number of aliphatic hydroxyl groups is 16. The van der Waals surface area contributed by atoms with Gasteiger partial charge in [0.15, 0.2) is 25.2 Å². The first-order valence-electron chi connectivity index (χ1n) is 28.0. The lowest BCUT2D eigenvalue weighted by Crippen LogP contribution is -2.66. The maximum Gasteiger partial charge on any atom is 0.187 e. The highest BCUT2D eigenvalue weighted by Crippen LogP contribution is 2.75. The molecule has 8 aliphatic rings. The van der Waals surface area contributed by atoms with Gasteiger partial charge in [0.2, 0.25) is 0 Å². The van der Waals surface area contributed by atoms with Gasteiger partial charge in [0.05, 0.1) is 50.3 Å². The molecule has 4 heterocycles. The summed E-state index contributed by atoms with van der Waals surface area (Å²) < 4.78 is 47.6. The number of allylic oxidation sites excluding steroid dienone is 1. The molecule has 0 amide bonds. The SMILES string of the molecule is C[C@H](CC[C@@H](O[C@@H]1O[C@H](CO)[C@@H](O)[C@H](O)[C@H]1O[C@@H]1OC(CO)[C@@H](O)[C@H](O)[C@H]1O)C(C)(C)O)C1CC[C@@]2(C)C3CC=C4C(CC[C@H](O[C@@H]5O[C@H](CO)C(O[C@@H]6O[C@H](CO)[C@@H](O)[C@H](O)[C@H]6O)[C@H](O)[C@H]5O)C4(C)C)[C@]3(C)[C@H](O)C[C@]12C. The van der Waals surface area contributed by atoms with Crippen molar-refractivity contribution in [3.05, 3.63) is 11.6 Å². The van der Waals surface area contributed by atoms with Crippen molar-refractivity contribution in [2.45, 2.75) is 253 Å². The van der Waals surface area contributed by atoms with Gasteiger partial charge < -0.3 is 120 Å². The van der Waals surface area contributed by atoms with Crippen LogP contribution in [0.25, 0.3) is 0 Å². The lowest BCUT2D eigenvalue weighted by atomic mass is 9.38. The van der Waals surface area contributed by atoms with Gasteiger partial charge in [-0.2, -0.15) is 0 Å². The van der Waals surface area contributed by atoms with E-state index in [2.05, 4.69) is 47.6 Å². The van der Waals surface area contributed by atoms with Crippen LogP contribution < -0.4 is 0 Å². The van der Waals surface area contributed by atoms with E-state index in [9.17, 15) is 81.7 Å². The Morgan fingerprint density at radius 1 is 0.564 bits per heavy atom. The standard InChI is InChI=1S/C54H92O24/c1-22(9-13-33(51(4,5)70)76-49-45(39(65)36(62)28(20-57)73-49)78-48-42(68)38(64)35(61)27(19-56)72-48)23-15-16-52(6)30-12-10-24-25(54(30,8)31(59)17-53(23,52)7)11-14-32(50(24,2)3)75-46-43(69)40(66)44(29(21-58)74-46)77-47-41(67)37(63)34(60)26(18-55)71-47/h10,22-23,25-49,55-70H,9,11-21H2,1-8H3/t22-,23?,25?,26-,27?,28-,29-,30?,31-,32+,33-,34-,35-,36-,37+,38+,39+,40-,41-,42-,43-,44?,45-,46+,47+,48+,49+,52+,53-,54+/m1/s1. The van der Waals surface area contributed by atoms with Crippen molar-refractivity contribution in [1.82, 2.24) is 0 Å². The average Bonchev–Trinajstić information content (AvgIpc) is 3.07. The summed E-state index contributed by atoms with van der Waals surface area (Å²) in [5.74, 6) is 0.236. The minimum absolute atomic E-state index is 0.0338. The smallest absolute Gasteiger partial charge is 0.187 e. The Balaban J connectivity index is 0.942. The molecule has 78 heavy (non-hydrogen) atoms. The van der Waals surface area contributed by atoms with Gasteiger partial charge in [0, 0.05) is 10.8 Å². The van der Waals surface area contributed by atoms with E-state index >= 15 is 0 Å². The second-order valence-electron chi connectivity index (χ2n) is 25.8. The van der Waals surface area contributed by atoms with Gasteiger partial charge in [-0.15, -0.1) is 0 Å². The van der Waals surface area contributed by atoms with Crippen LogP contribution in [0, 0.1) is 45.3 Å². The van der Waals surface area contributed by atoms with E-state index in [-0.39, 0.29) is 40.9 Å². The van der Waals surface area contributed by atoms with Crippen molar-refractivity contribution in [3.8, 4) is 0 Å². The molecule has 0 aromatic rings. The summed E-state index contributed by atoms with van der Waals surface area (Å²) in [6, 6.07) is 0. The molecule has 0 aromatic heterocycles. The molecule has 0 radical (unpaired) electrons. The van der Waals surface area contributed by atoms with Gasteiger partial charge >= 0.3 is 0 Å². The maximum absolute atomic E-state index is 12.7. The zero-order valence-corrected chi connectivity index (χ0v) is 46.1. The quantitative estimate of drug-likeness (QED) is 0.0637. The lowest BCUT2D eigenvalue weighted by Gasteiger charge is -2.67. The molecule has 0 bridgehead atoms. The van der Waals surface area contributed by atoms with Crippen LogP contribution in [0.3, 0.4) is 0 Å². The molecule has 4 aliphatic carbocycles. The normalized spacial score (nSPS) is 51.4. The third-order valence-electron chi connectivity index (χ3n) is 20.8. The molecule has 24 nitrogen and oxygen atoms in total. The molecule has 30 atom stereocenters. The van der Waals surface area contributed by atoms with Crippen LogP contribution in [-0.4, -0.2) is 255 Å². The molecule has 5 unspecified atom stereocenters. The van der Waals surface area contributed by atoms with E-state index in [0.717, 1.165) is 18.4 Å². The lowest BCUT2D eigenvalue weighted by molar-refractivity contribution is -0.375. The molecule has 16 N–H and O–H groups in total. The fraction of sp³-hybridized carbons (Fsp3) is 0.963. The van der Waals surface area contributed by atoms with E-state index < -0.39 is 184 Å². The second-order valence-corrected chi connectivity index (χ2v) is 25.8. The molecular formula is C54H92O24. The molecule has 0 aromatic carbocycles. The number of hydrogen-bond acceptors (Lipinski definition) is 24. The Bertz CT molecular complexity index is 2020. The largest absolute Gasteiger partial charge is 0.394 e. The molecule has 4 saturated heterocycles. The van der Waals surface area contributed by atoms with Crippen molar-refractivity contribution in [2.24, 2.45) is 45.3 Å². The van der Waals surface area contributed by atoms with Crippen LogP contribution in [0.2, 0.25) is 0 Å². The van der Waals surface area contributed by atoms with E-state index in [4.69, 9.17) is 37.9 Å². The van der Waals surface area contributed by atoms with E-state index in [1.165, 1.54) is 0 Å². The van der Waals surface area contributed by atoms with E-state index in [0.29, 0.717) is 32.1 Å². The number of rotatable bonds is 17. The zero-order chi connectivity index (χ0) is 57.5. The Morgan fingerprint density at radius 3 is 1.58 bits per heavy atom. The molecule has 24 heteroatoms. The van der Waals surface area contributed by atoms with Crippen LogP contribution in [-0.2, 0) is 37.9 Å². The van der Waals surface area contributed by atoms with Gasteiger partial charge in [-0.3, -0.25) is 0 Å². The first-order valence-corrected chi connectivity index (χ1v) is 28.0. The van der Waals surface area contributed by atoms with Crippen LogP contribution in [0.5, 0.6) is 0 Å². The summed E-state index contributed by atoms with van der Waals surface area (Å²) in [5.41, 5.74) is -2.12. The molecule has 0 spiro atoms. The molecule has 7 fully saturated rings. The number of aliphatic hydroxyl groups excluding tert-OH is 15. The Morgan fingerprint density at radius 2 is 1.04 bits per heavy atom. The third-order valence-corrected chi connectivity index (χ3v) is 20.8. The highest BCUT2D eigenvalue weighted by Gasteiger charge is 2.70. The average molecular weight is 1130 g/mol. The van der Waals surface area contributed by atoms with Gasteiger partial charge in [0.1, 0.15) is 97.7 Å². The molecule has 452 valence electrons. The number of fused-ring (bicyclic) bond motifs is 5. The van der Waals surface area contributed by atoms with Crippen LogP contribution in [0.15, 0.2) is 11.6 Å². The molecule has 8 rings (SSSR count). The minimum Gasteiger partial charge on any atom is -0.394 e. The highest BCUT2D eigenvalue weighted by molar-refractivity contribution is 5.32. The monoisotopic (exact) mass is 1120 g/mol. The molecular weight excluding hydrogens is 1030 g/mol. The van der Waals surface area contributed by atoms with Crippen molar-refractivity contribution in [2.75, 3.05) is 26.4 Å². The Labute approximate surface area is 455 Å². The summed E-state index contributed by atoms with van der Waals surface area (Å²) in [6.07, 6.45) is -27.1. The number of ether oxygens (including phenoxy) is 8. The van der Waals surface area contributed by atoms with E-state index in [1.54, 1.807) is 13.8 Å². The first-order chi connectivity index (χ1) is 36.5. The second kappa shape index (κ2) is 23.7. The fourth-order valence-corrected chi connectivity index (χ4v) is 15.7. The van der Waals surface area contributed by atoms with Gasteiger partial charge in [0.25, 0.3) is 0 Å². The predicted molar refractivity (Wildman–Crippen MR) is 268 cm³/mol. The minimum atomic E-state index is -1.85. The van der Waals surface area contributed by atoms with E-state index in [1.807, 2.05) is 0 Å². The van der Waals surface area contributed by atoms with Crippen LogP contribution in [0.4, 0.5) is 0 Å². The summed E-state index contributed by atoms with van der Waals surface area (Å²) >= 11 is 0. The van der Waals surface area contributed by atoms with Gasteiger partial charge in [-0.25, -0.2) is 0 Å². The number of hydrogen-bond donors (Lipinski definition) is 16. The van der Waals surface area contributed by atoms with Gasteiger partial charge in [-0.1, -0.05) is 53.2 Å². The van der Waals surface area contributed by atoms with Crippen molar-refractivity contribution in [1.29, 1.82) is 0 Å². The summed E-state index contributed by atoms with van der Waals surface area (Å²) in [4.78, 5) is 0. The fourth-order valence-electron chi connectivity index (χ4n) is 15.7. The summed E-state index contributed by atoms with van der Waals surface area (Å²) in [5, 5.41) is 172. The maximum atomic E-state index is 12.7. The van der Waals surface area contributed by atoms with Crippen LogP contribution >= 0.6 is 0 Å². The first kappa shape index (κ1) is 62.8. The molecule has 4 aliphatic heterocycles. The van der Waals surface area contributed by atoms with Crippen molar-refractivity contribution < 1.29 is 120 Å². The Kier molecular flexibility index (Phi) is 19.1. The Hall–Kier alpha value is -1.22. The van der Waals surface area contributed by atoms with Crippen molar-refractivity contribution in [3.63, 3.8) is 0 Å². The zero-order valence-electron chi connectivity index (χ0n) is 46.1. The summed E-state index contributed by atoms with van der Waals surface area (Å²) in [6.45, 7) is 13.4. The van der Waals surface area contributed by atoms with Crippen LogP contribution in [0.1, 0.15) is 107 Å². The van der Waals surface area contributed by atoms with Crippen molar-refractivity contribution >= 4 is 0 Å². The predicted octanol–water partition coefficient (Wildman–Crippen LogP) is -3.23. The third kappa shape index (κ3) is 10.8. The summed E-state index contributed by atoms with van der Waals surface area (Å²) in [7, 11) is 0.